The summed E-state index contributed by atoms with van der Waals surface area (Å²) in [5.74, 6) is -0.966. The monoisotopic (exact) mass is 500 g/mol. The van der Waals surface area contributed by atoms with Crippen LogP contribution in [0.2, 0.25) is 0 Å². The van der Waals surface area contributed by atoms with Gasteiger partial charge in [0.25, 0.3) is 0 Å². The number of benzene rings is 2. The van der Waals surface area contributed by atoms with Gasteiger partial charge in [-0.2, -0.15) is 0 Å². The summed E-state index contributed by atoms with van der Waals surface area (Å²) in [6.45, 7) is 1.27. The van der Waals surface area contributed by atoms with Crippen LogP contribution >= 0.6 is 0 Å². The van der Waals surface area contributed by atoms with Gasteiger partial charge in [0.2, 0.25) is 0 Å². The molecule has 4 rings (SSSR count). The highest BCUT2D eigenvalue weighted by Gasteiger charge is 2.46. The van der Waals surface area contributed by atoms with Crippen LogP contribution in [0, 0.1) is 23.0 Å². The highest BCUT2D eigenvalue weighted by Crippen LogP contribution is 2.53. The van der Waals surface area contributed by atoms with Gasteiger partial charge in [0.1, 0.15) is 24.1 Å². The van der Waals surface area contributed by atoms with Crippen molar-refractivity contribution in [2.45, 2.75) is 51.0 Å². The number of carbonyl (C=O) groups excluding carboxylic acids is 2. The zero-order valence-corrected chi connectivity index (χ0v) is 20.9. The zero-order valence-electron chi connectivity index (χ0n) is 20.9. The van der Waals surface area contributed by atoms with E-state index in [0.717, 1.165) is 38.3 Å². The predicted molar refractivity (Wildman–Crippen MR) is 135 cm³/mol. The van der Waals surface area contributed by atoms with E-state index in [1.165, 1.54) is 25.3 Å². The van der Waals surface area contributed by atoms with Gasteiger partial charge in [0.05, 0.1) is 29.9 Å². The Morgan fingerprint density at radius 2 is 1.86 bits per heavy atom. The van der Waals surface area contributed by atoms with Crippen molar-refractivity contribution in [2.75, 3.05) is 37.0 Å². The van der Waals surface area contributed by atoms with Gasteiger partial charge >= 0.3 is 0 Å². The van der Waals surface area contributed by atoms with E-state index in [1.54, 1.807) is 24.1 Å². The quantitative estimate of drug-likeness (QED) is 0.464. The normalized spacial score (nSPS) is 18.6. The van der Waals surface area contributed by atoms with Crippen LogP contribution < -0.4 is 14.5 Å². The Morgan fingerprint density at radius 3 is 2.47 bits per heavy atom. The lowest BCUT2D eigenvalue weighted by Crippen LogP contribution is -2.40. The number of hydrogen-bond acceptors (Lipinski definition) is 6. The van der Waals surface area contributed by atoms with Gasteiger partial charge in [0, 0.05) is 38.2 Å². The Bertz CT molecular complexity index is 1100. The van der Waals surface area contributed by atoms with Gasteiger partial charge < -0.3 is 29.2 Å². The Kier molecular flexibility index (Phi) is 7.81. The predicted octanol–water partition coefficient (Wildman–Crippen LogP) is 5.42. The maximum absolute atomic E-state index is 15.7. The minimum absolute atomic E-state index is 0.219. The van der Waals surface area contributed by atoms with Crippen molar-refractivity contribution < 1.29 is 28.2 Å². The summed E-state index contributed by atoms with van der Waals surface area (Å²) in [5, 5.41) is 10.5. The minimum Gasteiger partial charge on any atom is -0.503 e. The summed E-state index contributed by atoms with van der Waals surface area (Å²) >= 11 is 0. The molecule has 1 N–H and O–H groups in total. The number of carbonyl (C=O) groups is 2. The molecule has 2 aromatic rings. The average molecular weight is 501 g/mol. The second-order valence-corrected chi connectivity index (χ2v) is 10.1. The molecule has 2 aliphatic rings. The number of nitrogens with zero attached hydrogens (tertiary/aromatic N) is 2. The number of rotatable bonds is 9. The van der Waals surface area contributed by atoms with Crippen LogP contribution in [0.15, 0.2) is 30.3 Å². The molecule has 1 aliphatic heterocycles. The van der Waals surface area contributed by atoms with Crippen LogP contribution in [0.1, 0.15) is 56.6 Å². The van der Waals surface area contributed by atoms with Gasteiger partial charge in [-0.25, -0.2) is 8.78 Å². The van der Waals surface area contributed by atoms with Crippen molar-refractivity contribution in [3.8, 4) is 11.5 Å². The van der Waals surface area contributed by atoms with Gasteiger partial charge in [-0.05, 0) is 49.8 Å². The topological polar surface area (TPSA) is 70.1 Å². The SMILES string of the molecule is COc1cc(N2CCC(CC=O)CC2)c(F)cc1C(N(C)c1cccc(F)c1O)C1(C=O)CCCC1. The number of aromatic hydroxyl groups is 1. The molecule has 8 heteroatoms. The molecule has 1 atom stereocenters. The number of para-hydroxylation sites is 1. The van der Waals surface area contributed by atoms with Crippen LogP contribution in [0.25, 0.3) is 0 Å². The molecule has 6 nitrogen and oxygen atoms in total. The van der Waals surface area contributed by atoms with Crippen LogP contribution in [0.5, 0.6) is 11.5 Å². The van der Waals surface area contributed by atoms with E-state index in [2.05, 4.69) is 0 Å². The molecule has 36 heavy (non-hydrogen) atoms. The number of anilines is 2. The summed E-state index contributed by atoms with van der Waals surface area (Å²) in [7, 11) is 3.20. The molecule has 1 saturated heterocycles. The lowest BCUT2D eigenvalue weighted by molar-refractivity contribution is -0.117. The molecule has 2 aromatic carbocycles. The lowest BCUT2D eigenvalue weighted by atomic mass is 9.75. The molecule has 0 aromatic heterocycles. The third-order valence-electron chi connectivity index (χ3n) is 8.03. The van der Waals surface area contributed by atoms with E-state index in [-0.39, 0.29) is 5.69 Å². The van der Waals surface area contributed by atoms with Gasteiger partial charge in [-0.1, -0.05) is 18.9 Å². The van der Waals surface area contributed by atoms with E-state index in [4.69, 9.17) is 4.74 Å². The molecule has 1 unspecified atom stereocenters. The molecule has 0 spiro atoms. The Labute approximate surface area is 210 Å². The van der Waals surface area contributed by atoms with E-state index in [1.807, 2.05) is 4.90 Å². The molecule has 0 amide bonds. The molecule has 1 aliphatic carbocycles. The highest BCUT2D eigenvalue weighted by atomic mass is 19.1. The zero-order chi connectivity index (χ0) is 25.9. The first-order valence-corrected chi connectivity index (χ1v) is 12.6. The largest absolute Gasteiger partial charge is 0.503 e. The van der Waals surface area contributed by atoms with Gasteiger partial charge in [-0.15, -0.1) is 0 Å². The third kappa shape index (κ3) is 4.77. The number of piperidine rings is 1. The van der Waals surface area contributed by atoms with Crippen LogP contribution in [0.4, 0.5) is 20.2 Å². The van der Waals surface area contributed by atoms with Crippen molar-refractivity contribution in [1.82, 2.24) is 0 Å². The molecule has 0 radical (unpaired) electrons. The van der Waals surface area contributed by atoms with E-state index < -0.39 is 28.8 Å². The standard InChI is InChI=1S/C28H34F2N2O4/c1-31(23-7-5-6-21(29)26(23)35)27(28(18-34)11-3-4-12-28)20-16-22(30)24(17-25(20)36-2)32-13-8-19(9-14-32)10-15-33/h5-7,15-19,27,35H,3-4,8-14H2,1-2H3. The fraction of sp³-hybridized carbons (Fsp3) is 0.500. The fourth-order valence-electron chi connectivity index (χ4n) is 6.06. The van der Waals surface area contributed by atoms with Crippen molar-refractivity contribution in [3.63, 3.8) is 0 Å². The Hall–Kier alpha value is -3.16. The highest BCUT2D eigenvalue weighted by molar-refractivity contribution is 5.69. The van der Waals surface area contributed by atoms with E-state index in [9.17, 15) is 19.1 Å². The van der Waals surface area contributed by atoms with E-state index in [0.29, 0.717) is 55.3 Å². The van der Waals surface area contributed by atoms with E-state index >= 15 is 4.39 Å². The summed E-state index contributed by atoms with van der Waals surface area (Å²) in [5.41, 5.74) is 0.274. The summed E-state index contributed by atoms with van der Waals surface area (Å²) in [4.78, 5) is 27.1. The smallest absolute Gasteiger partial charge is 0.175 e. The fourth-order valence-corrected chi connectivity index (χ4v) is 6.06. The molecule has 1 heterocycles. The Morgan fingerprint density at radius 1 is 1.17 bits per heavy atom. The first kappa shape index (κ1) is 25.9. The van der Waals surface area contributed by atoms with Crippen molar-refractivity contribution in [2.24, 2.45) is 11.3 Å². The summed E-state index contributed by atoms with van der Waals surface area (Å²) < 4.78 is 35.7. The molecule has 1 saturated carbocycles. The number of methoxy groups -OCH3 is 1. The van der Waals surface area contributed by atoms with Gasteiger partial charge in [0.15, 0.2) is 11.6 Å². The van der Waals surface area contributed by atoms with Crippen LogP contribution in [0.3, 0.4) is 0 Å². The molecular formula is C28H34F2N2O4. The first-order valence-electron chi connectivity index (χ1n) is 12.6. The van der Waals surface area contributed by atoms with Crippen LogP contribution in [-0.4, -0.2) is 44.9 Å². The molecule has 194 valence electrons. The molecule has 2 fully saturated rings. The maximum Gasteiger partial charge on any atom is 0.175 e. The number of aldehydes is 2. The number of phenols is 1. The molecule has 0 bridgehead atoms. The van der Waals surface area contributed by atoms with Gasteiger partial charge in [-0.3, -0.25) is 0 Å². The van der Waals surface area contributed by atoms with Crippen LogP contribution in [-0.2, 0) is 9.59 Å². The summed E-state index contributed by atoms with van der Waals surface area (Å²) in [6.07, 6.45) is 6.89. The van der Waals surface area contributed by atoms with Crippen molar-refractivity contribution >= 4 is 23.9 Å². The number of ether oxygens (including phenoxy) is 1. The first-order chi connectivity index (χ1) is 17.3. The number of phenolic OH excluding ortho intramolecular Hbond substituents is 1. The molecular weight excluding hydrogens is 466 g/mol. The number of halogens is 2. The average Bonchev–Trinajstić information content (AvgIpc) is 3.36. The maximum atomic E-state index is 15.7. The third-order valence-corrected chi connectivity index (χ3v) is 8.03. The second kappa shape index (κ2) is 10.8. The van der Waals surface area contributed by atoms with Crippen molar-refractivity contribution in [1.29, 1.82) is 0 Å². The number of hydrogen-bond donors (Lipinski definition) is 1. The second-order valence-electron chi connectivity index (χ2n) is 10.1. The minimum atomic E-state index is -0.845. The van der Waals surface area contributed by atoms with Crippen molar-refractivity contribution in [3.05, 3.63) is 47.5 Å². The summed E-state index contributed by atoms with van der Waals surface area (Å²) in [6, 6.07) is 6.66. The Balaban J connectivity index is 1.78. The lowest BCUT2D eigenvalue weighted by Gasteiger charge is -2.42.